The number of nitrogens with zero attached hydrogens (tertiary/aromatic N) is 1. The second-order valence-corrected chi connectivity index (χ2v) is 7.72. The van der Waals surface area contributed by atoms with Gasteiger partial charge in [-0.15, -0.1) is 0 Å². The van der Waals surface area contributed by atoms with Gasteiger partial charge in [-0.1, -0.05) is 23.9 Å². The van der Waals surface area contributed by atoms with Crippen molar-refractivity contribution < 1.29 is 23.8 Å². The molecule has 3 rings (SSSR count). The van der Waals surface area contributed by atoms with Crippen molar-refractivity contribution in [1.82, 2.24) is 10.3 Å². The Balaban J connectivity index is 1.67. The van der Waals surface area contributed by atoms with Gasteiger partial charge in [0.1, 0.15) is 17.0 Å². The molecule has 2 aromatic carbocycles. The van der Waals surface area contributed by atoms with Gasteiger partial charge in [0.15, 0.2) is 0 Å². The van der Waals surface area contributed by atoms with Gasteiger partial charge in [-0.2, -0.15) is 0 Å². The number of aryl methyl sites for hydroxylation is 1. The number of carbonyl (C=O) groups is 2. The number of aromatic nitrogens is 1. The average molecular weight is 441 g/mol. The van der Waals surface area contributed by atoms with E-state index in [0.717, 1.165) is 27.3 Å². The predicted octanol–water partition coefficient (Wildman–Crippen LogP) is 3.76. The van der Waals surface area contributed by atoms with Gasteiger partial charge in [-0.05, 0) is 48.4 Å². The van der Waals surface area contributed by atoms with Crippen LogP contribution in [0.25, 0.3) is 10.9 Å². The van der Waals surface area contributed by atoms with E-state index >= 15 is 0 Å². The predicted molar refractivity (Wildman–Crippen MR) is 120 cm³/mol. The molecular formula is C23H24N2O5S. The van der Waals surface area contributed by atoms with Crippen LogP contribution in [0.3, 0.4) is 0 Å². The zero-order valence-corrected chi connectivity index (χ0v) is 18.7. The number of fused-ring (bicyclic) bond motifs is 1. The Bertz CT molecular complexity index is 1120. The number of benzene rings is 2. The third kappa shape index (κ3) is 5.27. The van der Waals surface area contributed by atoms with E-state index in [-0.39, 0.29) is 11.7 Å². The summed E-state index contributed by atoms with van der Waals surface area (Å²) in [6, 6.07) is 12.6. The van der Waals surface area contributed by atoms with Crippen molar-refractivity contribution in [2.24, 2.45) is 0 Å². The molecule has 0 aliphatic carbocycles. The smallest absolute Gasteiger partial charge is 0.337 e. The molecule has 8 heteroatoms. The maximum Gasteiger partial charge on any atom is 0.337 e. The molecule has 3 aromatic rings. The highest BCUT2D eigenvalue weighted by molar-refractivity contribution is 7.99. The first-order chi connectivity index (χ1) is 15.0. The van der Waals surface area contributed by atoms with Crippen LogP contribution in [0.2, 0.25) is 0 Å². The Morgan fingerprint density at radius 3 is 2.48 bits per heavy atom. The number of esters is 1. The Kier molecular flexibility index (Phi) is 7.36. The number of hydrogen-bond acceptors (Lipinski definition) is 7. The zero-order valence-electron chi connectivity index (χ0n) is 17.9. The molecule has 0 bridgehead atoms. The number of carbonyl (C=O) groups excluding carboxylic acids is 2. The second-order valence-electron chi connectivity index (χ2n) is 6.73. The molecule has 0 unspecified atom stereocenters. The number of amides is 1. The molecule has 7 nitrogen and oxygen atoms in total. The summed E-state index contributed by atoms with van der Waals surface area (Å²) in [5.41, 5.74) is 2.95. The number of methoxy groups -OCH3 is 3. The van der Waals surface area contributed by atoms with E-state index in [9.17, 15) is 9.59 Å². The molecule has 0 fully saturated rings. The van der Waals surface area contributed by atoms with E-state index < -0.39 is 5.97 Å². The molecule has 1 heterocycles. The highest BCUT2D eigenvalue weighted by atomic mass is 32.2. The van der Waals surface area contributed by atoms with E-state index in [1.807, 2.05) is 31.2 Å². The lowest BCUT2D eigenvalue weighted by atomic mass is 10.1. The van der Waals surface area contributed by atoms with Gasteiger partial charge in [-0.3, -0.25) is 4.79 Å². The molecule has 0 aliphatic rings. The van der Waals surface area contributed by atoms with Gasteiger partial charge in [0.25, 0.3) is 0 Å². The lowest BCUT2D eigenvalue weighted by Crippen LogP contribution is -2.24. The third-order valence-corrected chi connectivity index (χ3v) is 5.60. The van der Waals surface area contributed by atoms with Gasteiger partial charge >= 0.3 is 5.97 Å². The van der Waals surface area contributed by atoms with Crippen LogP contribution in [0.1, 0.15) is 21.5 Å². The fraction of sp³-hybridized carbons (Fsp3) is 0.261. The minimum absolute atomic E-state index is 0.134. The van der Waals surface area contributed by atoms with E-state index in [1.54, 1.807) is 32.4 Å². The number of pyridine rings is 1. The van der Waals surface area contributed by atoms with Gasteiger partial charge in [0.05, 0.1) is 37.7 Å². The molecule has 0 spiro atoms. The fourth-order valence-electron chi connectivity index (χ4n) is 3.17. The molecule has 0 saturated carbocycles. The summed E-state index contributed by atoms with van der Waals surface area (Å²) in [4.78, 5) is 28.6. The normalized spacial score (nSPS) is 10.6. The van der Waals surface area contributed by atoms with Crippen LogP contribution in [0.4, 0.5) is 0 Å². The van der Waals surface area contributed by atoms with Crippen LogP contribution in [0, 0.1) is 6.92 Å². The third-order valence-electron chi connectivity index (χ3n) is 4.69. The molecule has 0 radical (unpaired) electrons. The van der Waals surface area contributed by atoms with Crippen molar-refractivity contribution in [1.29, 1.82) is 0 Å². The fourth-order valence-corrected chi connectivity index (χ4v) is 3.97. The second kappa shape index (κ2) is 10.2. The summed E-state index contributed by atoms with van der Waals surface area (Å²) >= 11 is 1.34. The summed E-state index contributed by atoms with van der Waals surface area (Å²) in [6.07, 6.45) is 0. The summed E-state index contributed by atoms with van der Waals surface area (Å²) in [5, 5.41) is 4.47. The quantitative estimate of drug-likeness (QED) is 0.422. The average Bonchev–Trinajstić information content (AvgIpc) is 2.80. The maximum atomic E-state index is 12.3. The topological polar surface area (TPSA) is 86.8 Å². The monoisotopic (exact) mass is 440 g/mol. The molecule has 31 heavy (non-hydrogen) atoms. The first kappa shape index (κ1) is 22.4. The minimum Gasteiger partial charge on any atom is -0.496 e. The Hall–Kier alpha value is -3.26. The highest BCUT2D eigenvalue weighted by Crippen LogP contribution is 2.35. The van der Waals surface area contributed by atoms with E-state index in [0.29, 0.717) is 23.4 Å². The first-order valence-corrected chi connectivity index (χ1v) is 10.5. The van der Waals surface area contributed by atoms with Crippen molar-refractivity contribution in [2.45, 2.75) is 18.5 Å². The van der Waals surface area contributed by atoms with Gasteiger partial charge in [0, 0.05) is 11.9 Å². The van der Waals surface area contributed by atoms with Crippen molar-refractivity contribution in [2.75, 3.05) is 27.1 Å². The summed E-state index contributed by atoms with van der Waals surface area (Å²) in [5.74, 6) is 1.04. The molecule has 1 N–H and O–H groups in total. The minimum atomic E-state index is -0.409. The van der Waals surface area contributed by atoms with Gasteiger partial charge in [-0.25, -0.2) is 9.78 Å². The van der Waals surface area contributed by atoms with Gasteiger partial charge < -0.3 is 19.5 Å². The Morgan fingerprint density at radius 2 is 1.77 bits per heavy atom. The van der Waals surface area contributed by atoms with Crippen LogP contribution in [-0.2, 0) is 16.1 Å². The number of thioether (sulfide) groups is 1. The molecule has 0 atom stereocenters. The first-order valence-electron chi connectivity index (χ1n) is 9.56. The van der Waals surface area contributed by atoms with Crippen LogP contribution in [-0.4, -0.2) is 43.9 Å². The summed E-state index contributed by atoms with van der Waals surface area (Å²) in [6.45, 7) is 2.30. The SMILES string of the molecule is COC(=O)c1cccc(CNC(=O)CSc2cc(C)c3c(OC)ccc(OC)c3n2)c1. The molecule has 1 aromatic heterocycles. The highest BCUT2D eigenvalue weighted by Gasteiger charge is 2.14. The molecule has 0 saturated heterocycles. The summed E-state index contributed by atoms with van der Waals surface area (Å²) < 4.78 is 15.6. The Labute approximate surface area is 185 Å². The zero-order chi connectivity index (χ0) is 22.4. The molecule has 1 amide bonds. The standard InChI is InChI=1S/C23H24N2O5S/c1-14-10-20(25-22-18(29-3)9-8-17(28-2)21(14)22)31-13-19(26)24-12-15-6-5-7-16(11-15)23(27)30-4/h5-11H,12-13H2,1-4H3,(H,24,26). The van der Waals surface area contributed by atoms with E-state index in [4.69, 9.17) is 14.2 Å². The molecular weight excluding hydrogens is 416 g/mol. The lowest BCUT2D eigenvalue weighted by Gasteiger charge is -2.13. The van der Waals surface area contributed by atoms with Gasteiger partial charge in [0.2, 0.25) is 5.91 Å². The maximum absolute atomic E-state index is 12.3. The summed E-state index contributed by atoms with van der Waals surface area (Å²) in [7, 11) is 4.55. The number of ether oxygens (including phenoxy) is 3. The molecule has 162 valence electrons. The van der Waals surface area contributed by atoms with E-state index in [2.05, 4.69) is 10.3 Å². The van der Waals surface area contributed by atoms with Crippen molar-refractivity contribution in [3.05, 3.63) is 59.2 Å². The van der Waals surface area contributed by atoms with E-state index in [1.165, 1.54) is 18.9 Å². The number of hydrogen-bond donors (Lipinski definition) is 1. The van der Waals surface area contributed by atoms with Crippen LogP contribution < -0.4 is 14.8 Å². The van der Waals surface area contributed by atoms with Crippen molar-refractivity contribution >= 4 is 34.5 Å². The number of nitrogens with one attached hydrogen (secondary N) is 1. The van der Waals surface area contributed by atoms with Crippen molar-refractivity contribution in [3.8, 4) is 11.5 Å². The molecule has 0 aliphatic heterocycles. The lowest BCUT2D eigenvalue weighted by molar-refractivity contribution is -0.118. The largest absolute Gasteiger partial charge is 0.496 e. The Morgan fingerprint density at radius 1 is 1.03 bits per heavy atom. The van der Waals surface area contributed by atoms with Crippen molar-refractivity contribution in [3.63, 3.8) is 0 Å². The number of rotatable bonds is 8. The van der Waals surface area contributed by atoms with Crippen LogP contribution >= 0.6 is 11.8 Å². The van der Waals surface area contributed by atoms with Crippen LogP contribution in [0.15, 0.2) is 47.5 Å². The van der Waals surface area contributed by atoms with Crippen LogP contribution in [0.5, 0.6) is 11.5 Å².